The molecule has 0 saturated carbocycles. The monoisotopic (exact) mass is 204 g/mol. The average molecular weight is 205 g/mol. The molecule has 0 radical (unpaired) electrons. The van der Waals surface area contributed by atoms with E-state index in [0.29, 0.717) is 5.56 Å². The molecule has 0 aliphatic carbocycles. The first-order valence-corrected chi connectivity index (χ1v) is 3.99. The lowest BCUT2D eigenvalue weighted by atomic mass is 10.1. The molecule has 0 bridgehead atoms. The number of alkyl halides is 2. The molecule has 1 aromatic carbocycles. The zero-order chi connectivity index (χ0) is 10.0. The van der Waals surface area contributed by atoms with Crippen molar-refractivity contribution < 1.29 is 13.6 Å². The van der Waals surface area contributed by atoms with Crippen LogP contribution in [0.5, 0.6) is 0 Å². The number of rotatable bonds is 2. The van der Waals surface area contributed by atoms with Crippen molar-refractivity contribution in [1.82, 2.24) is 0 Å². The van der Waals surface area contributed by atoms with Crippen LogP contribution in [0, 0.1) is 6.92 Å². The minimum atomic E-state index is -3.00. The minimum Gasteiger partial charge on any atom is -0.288 e. The maximum Gasteiger partial charge on any atom is 0.300 e. The van der Waals surface area contributed by atoms with E-state index >= 15 is 0 Å². The Morgan fingerprint density at radius 3 is 2.54 bits per heavy atom. The average Bonchev–Trinajstić information content (AvgIpc) is 2.03. The quantitative estimate of drug-likeness (QED) is 0.677. The number of benzene rings is 1. The van der Waals surface area contributed by atoms with Gasteiger partial charge in [-0.1, -0.05) is 23.7 Å². The summed E-state index contributed by atoms with van der Waals surface area (Å²) in [6.07, 6.45) is -3.00. The Kier molecular flexibility index (Phi) is 2.98. The normalized spacial score (nSPS) is 10.5. The fraction of sp³-hybridized carbons (Fsp3) is 0.222. The molecule has 0 heterocycles. The van der Waals surface area contributed by atoms with Crippen LogP contribution < -0.4 is 0 Å². The number of hydrogen-bond donors (Lipinski definition) is 0. The van der Waals surface area contributed by atoms with Crippen LogP contribution in [0.2, 0.25) is 5.02 Å². The van der Waals surface area contributed by atoms with E-state index in [0.717, 1.165) is 0 Å². The van der Waals surface area contributed by atoms with Crippen molar-refractivity contribution >= 4 is 17.4 Å². The highest BCUT2D eigenvalue weighted by Gasteiger charge is 2.21. The Bertz CT molecular complexity index is 316. The number of carbonyl (C=O) groups excluding carboxylic acids is 1. The maximum atomic E-state index is 12.1. The number of carbonyl (C=O) groups is 1. The molecule has 0 N–H and O–H groups in total. The molecule has 0 unspecified atom stereocenters. The molecule has 0 aliphatic rings. The van der Waals surface area contributed by atoms with E-state index < -0.39 is 12.2 Å². The Balaban J connectivity index is 3.20. The Morgan fingerprint density at radius 1 is 1.46 bits per heavy atom. The zero-order valence-corrected chi connectivity index (χ0v) is 7.61. The van der Waals surface area contributed by atoms with Gasteiger partial charge in [-0.2, -0.15) is 0 Å². The lowest BCUT2D eigenvalue weighted by molar-refractivity contribution is 0.0678. The smallest absolute Gasteiger partial charge is 0.288 e. The molecule has 0 amide bonds. The van der Waals surface area contributed by atoms with E-state index in [9.17, 15) is 13.6 Å². The standard InChI is InChI=1S/C9H7ClF2O/c1-5-3-2-4-6(10)7(5)8(13)9(11)12/h2-4,9H,1H3. The zero-order valence-electron chi connectivity index (χ0n) is 6.85. The highest BCUT2D eigenvalue weighted by atomic mass is 35.5. The van der Waals surface area contributed by atoms with Gasteiger partial charge in [0.05, 0.1) is 5.02 Å². The van der Waals surface area contributed by atoms with Gasteiger partial charge in [0.1, 0.15) is 0 Å². The van der Waals surface area contributed by atoms with Crippen molar-refractivity contribution in [2.24, 2.45) is 0 Å². The predicted octanol–water partition coefficient (Wildman–Crippen LogP) is 3.10. The molecule has 0 aliphatic heterocycles. The van der Waals surface area contributed by atoms with Crippen molar-refractivity contribution in [2.75, 3.05) is 0 Å². The van der Waals surface area contributed by atoms with Crippen LogP contribution in [0.15, 0.2) is 18.2 Å². The van der Waals surface area contributed by atoms with Gasteiger partial charge >= 0.3 is 6.43 Å². The van der Waals surface area contributed by atoms with E-state index in [1.54, 1.807) is 19.1 Å². The number of Topliss-reactive ketones (excluding diaryl/α,β-unsaturated/α-hetero) is 1. The molecule has 0 aromatic heterocycles. The molecule has 0 atom stereocenters. The van der Waals surface area contributed by atoms with Crippen molar-refractivity contribution in [1.29, 1.82) is 0 Å². The van der Waals surface area contributed by atoms with Gasteiger partial charge in [-0.05, 0) is 18.6 Å². The topological polar surface area (TPSA) is 17.1 Å². The Labute approximate surface area is 79.3 Å². The fourth-order valence-electron chi connectivity index (χ4n) is 1.05. The van der Waals surface area contributed by atoms with Gasteiger partial charge < -0.3 is 0 Å². The molecule has 1 aromatic rings. The lowest BCUT2D eigenvalue weighted by Gasteiger charge is -2.05. The van der Waals surface area contributed by atoms with Crippen LogP contribution in [0.1, 0.15) is 15.9 Å². The summed E-state index contributed by atoms with van der Waals surface area (Å²) < 4.78 is 24.1. The largest absolute Gasteiger partial charge is 0.300 e. The summed E-state index contributed by atoms with van der Waals surface area (Å²) in [7, 11) is 0. The van der Waals surface area contributed by atoms with E-state index in [4.69, 9.17) is 11.6 Å². The molecule has 13 heavy (non-hydrogen) atoms. The van der Waals surface area contributed by atoms with E-state index in [-0.39, 0.29) is 10.6 Å². The molecular weight excluding hydrogens is 198 g/mol. The lowest BCUT2D eigenvalue weighted by Crippen LogP contribution is -2.12. The molecule has 0 saturated heterocycles. The first-order valence-electron chi connectivity index (χ1n) is 3.61. The maximum absolute atomic E-state index is 12.1. The molecule has 0 spiro atoms. The van der Waals surface area contributed by atoms with Crippen molar-refractivity contribution in [3.8, 4) is 0 Å². The highest BCUT2D eigenvalue weighted by Crippen LogP contribution is 2.22. The summed E-state index contributed by atoms with van der Waals surface area (Å²) in [5.74, 6) is -1.22. The first kappa shape index (κ1) is 10.1. The molecule has 70 valence electrons. The summed E-state index contributed by atoms with van der Waals surface area (Å²) in [4.78, 5) is 11.0. The summed E-state index contributed by atoms with van der Waals surface area (Å²) in [5.41, 5.74) is 0.386. The summed E-state index contributed by atoms with van der Waals surface area (Å²) in [6.45, 7) is 1.57. The van der Waals surface area contributed by atoms with E-state index in [2.05, 4.69) is 0 Å². The molecule has 4 heteroatoms. The number of ketones is 1. The van der Waals surface area contributed by atoms with Gasteiger partial charge in [0, 0.05) is 5.56 Å². The second kappa shape index (κ2) is 3.83. The third-order valence-corrected chi connectivity index (χ3v) is 1.98. The van der Waals surface area contributed by atoms with E-state index in [1.165, 1.54) is 6.07 Å². The summed E-state index contributed by atoms with van der Waals surface area (Å²) in [5, 5.41) is 0.0744. The van der Waals surface area contributed by atoms with Gasteiger partial charge in [0.2, 0.25) is 5.78 Å². The van der Waals surface area contributed by atoms with Gasteiger partial charge in [-0.25, -0.2) is 8.78 Å². The molecule has 0 fully saturated rings. The fourth-order valence-corrected chi connectivity index (χ4v) is 1.37. The highest BCUT2D eigenvalue weighted by molar-refractivity contribution is 6.34. The van der Waals surface area contributed by atoms with Crippen LogP contribution in [0.4, 0.5) is 8.78 Å². The second-order valence-corrected chi connectivity index (χ2v) is 3.00. The number of hydrogen-bond acceptors (Lipinski definition) is 1. The Hall–Kier alpha value is -0.960. The van der Waals surface area contributed by atoms with Crippen molar-refractivity contribution in [3.63, 3.8) is 0 Å². The van der Waals surface area contributed by atoms with E-state index in [1.807, 2.05) is 0 Å². The van der Waals surface area contributed by atoms with Gasteiger partial charge in [-0.3, -0.25) is 4.79 Å². The third kappa shape index (κ3) is 2.04. The van der Waals surface area contributed by atoms with Gasteiger partial charge in [0.25, 0.3) is 0 Å². The van der Waals surface area contributed by atoms with Gasteiger partial charge in [-0.15, -0.1) is 0 Å². The van der Waals surface area contributed by atoms with Crippen LogP contribution in [-0.2, 0) is 0 Å². The van der Waals surface area contributed by atoms with Crippen molar-refractivity contribution in [2.45, 2.75) is 13.3 Å². The number of halogens is 3. The molecular formula is C9H7ClF2O. The third-order valence-electron chi connectivity index (χ3n) is 1.67. The first-order chi connectivity index (χ1) is 6.04. The van der Waals surface area contributed by atoms with Gasteiger partial charge in [0.15, 0.2) is 0 Å². The van der Waals surface area contributed by atoms with Crippen LogP contribution >= 0.6 is 11.6 Å². The van der Waals surface area contributed by atoms with Crippen molar-refractivity contribution in [3.05, 3.63) is 34.3 Å². The SMILES string of the molecule is Cc1cccc(Cl)c1C(=O)C(F)F. The summed E-state index contributed by atoms with van der Waals surface area (Å²) in [6, 6.07) is 4.60. The van der Waals surface area contributed by atoms with Crippen LogP contribution in [-0.4, -0.2) is 12.2 Å². The second-order valence-electron chi connectivity index (χ2n) is 2.60. The molecule has 1 rings (SSSR count). The summed E-state index contributed by atoms with van der Waals surface area (Å²) >= 11 is 5.61. The molecule has 1 nitrogen and oxygen atoms in total. The predicted molar refractivity (Wildman–Crippen MR) is 46.5 cm³/mol. The van der Waals surface area contributed by atoms with Crippen LogP contribution in [0.25, 0.3) is 0 Å². The number of aryl methyl sites for hydroxylation is 1. The Morgan fingerprint density at radius 2 is 2.08 bits per heavy atom. The minimum absolute atomic E-state index is 0.0744. The van der Waals surface area contributed by atoms with Crippen LogP contribution in [0.3, 0.4) is 0 Å².